The molecule has 0 aromatic carbocycles. The van der Waals surface area contributed by atoms with Crippen molar-refractivity contribution in [3.8, 4) is 5.88 Å². The van der Waals surface area contributed by atoms with Crippen LogP contribution >= 0.6 is 11.3 Å². The lowest BCUT2D eigenvalue weighted by Crippen LogP contribution is -2.09. The third-order valence-corrected chi connectivity index (χ3v) is 4.60. The molecular weight excluding hydrogens is 332 g/mol. The minimum atomic E-state index is -0.422. The molecule has 0 fully saturated rings. The lowest BCUT2D eigenvalue weighted by Gasteiger charge is -2.04. The first-order valence-corrected chi connectivity index (χ1v) is 7.68. The van der Waals surface area contributed by atoms with Crippen molar-refractivity contribution in [2.75, 3.05) is 7.11 Å². The number of methoxy groups -OCH3 is 1. The molecule has 0 radical (unpaired) electrons. The van der Waals surface area contributed by atoms with E-state index in [0.717, 1.165) is 0 Å². The van der Waals surface area contributed by atoms with Crippen molar-refractivity contribution in [1.82, 2.24) is 30.1 Å². The Balaban J connectivity index is 1.85. The van der Waals surface area contributed by atoms with Crippen LogP contribution in [0.1, 0.15) is 15.2 Å². The monoisotopic (exact) mass is 342 g/mol. The summed E-state index contributed by atoms with van der Waals surface area (Å²) >= 11 is 1.22. The Bertz CT molecular complexity index is 1070. The molecule has 0 aliphatic heterocycles. The van der Waals surface area contributed by atoms with Gasteiger partial charge in [-0.1, -0.05) is 4.85 Å². The predicted octanol–water partition coefficient (Wildman–Crippen LogP) is 1.77. The van der Waals surface area contributed by atoms with Gasteiger partial charge < -0.3 is 9.57 Å². The van der Waals surface area contributed by atoms with E-state index in [1.165, 1.54) is 29.6 Å². The number of carbonyl (C=O) groups is 1. The summed E-state index contributed by atoms with van der Waals surface area (Å²) in [6, 6.07) is 3.53. The van der Waals surface area contributed by atoms with Crippen molar-refractivity contribution in [1.29, 1.82) is 0 Å². The Kier molecular flexibility index (Phi) is 3.31. The molecule has 24 heavy (non-hydrogen) atoms. The van der Waals surface area contributed by atoms with Crippen LogP contribution in [0.3, 0.4) is 0 Å². The van der Waals surface area contributed by atoms with E-state index in [0.29, 0.717) is 31.8 Å². The molecule has 0 aliphatic rings. The molecule has 0 atom stereocenters. The summed E-state index contributed by atoms with van der Waals surface area (Å²) in [6.45, 7) is 1.79. The van der Waals surface area contributed by atoms with Crippen molar-refractivity contribution < 1.29 is 14.4 Å². The fourth-order valence-electron chi connectivity index (χ4n) is 2.28. The number of aryl methyl sites for hydroxylation is 1. The van der Waals surface area contributed by atoms with E-state index in [4.69, 9.17) is 9.57 Å². The van der Waals surface area contributed by atoms with Gasteiger partial charge in [0.05, 0.1) is 12.5 Å². The highest BCUT2D eigenvalue weighted by atomic mass is 32.1. The molecule has 0 spiro atoms. The van der Waals surface area contributed by atoms with E-state index in [9.17, 15) is 4.79 Å². The number of aromatic nitrogens is 6. The molecular formula is C14H10N6O3S. The zero-order valence-electron chi connectivity index (χ0n) is 12.6. The molecule has 10 heteroatoms. The minimum absolute atomic E-state index is 0.265. The highest BCUT2D eigenvalue weighted by molar-refractivity contribution is 7.20. The topological polar surface area (TPSA) is 105 Å². The number of hydrogen-bond acceptors (Lipinski definition) is 9. The van der Waals surface area contributed by atoms with Gasteiger partial charge >= 0.3 is 5.97 Å². The average molecular weight is 342 g/mol. The van der Waals surface area contributed by atoms with E-state index in [1.54, 1.807) is 25.3 Å². The molecule has 9 nitrogen and oxygen atoms in total. The largest absolute Gasteiger partial charge is 0.465 e. The second-order valence-electron chi connectivity index (χ2n) is 4.81. The Morgan fingerprint density at radius 1 is 1.29 bits per heavy atom. The lowest BCUT2D eigenvalue weighted by atomic mass is 10.2. The number of esters is 1. The third-order valence-electron chi connectivity index (χ3n) is 3.42. The Morgan fingerprint density at radius 2 is 2.17 bits per heavy atom. The van der Waals surface area contributed by atoms with Crippen LogP contribution in [0.5, 0.6) is 5.88 Å². The maximum absolute atomic E-state index is 11.9. The molecule has 0 saturated carbocycles. The van der Waals surface area contributed by atoms with Gasteiger partial charge in [-0.15, -0.1) is 16.4 Å². The number of hydrogen-bond donors (Lipinski definition) is 0. The average Bonchev–Trinajstić information content (AvgIpc) is 3.17. The van der Waals surface area contributed by atoms with Crippen molar-refractivity contribution in [2.45, 2.75) is 6.92 Å². The van der Waals surface area contributed by atoms with E-state index in [1.807, 2.05) is 0 Å². The van der Waals surface area contributed by atoms with E-state index in [-0.39, 0.29) is 5.88 Å². The van der Waals surface area contributed by atoms with Crippen LogP contribution in [0.15, 0.2) is 24.7 Å². The van der Waals surface area contributed by atoms with Gasteiger partial charge in [0.1, 0.15) is 21.6 Å². The van der Waals surface area contributed by atoms with Crippen LogP contribution in [-0.2, 0) is 4.74 Å². The minimum Gasteiger partial charge on any atom is -0.465 e. The highest BCUT2D eigenvalue weighted by Gasteiger charge is 2.21. The van der Waals surface area contributed by atoms with Crippen LogP contribution in [0.4, 0.5) is 0 Å². The molecule has 0 unspecified atom stereocenters. The Morgan fingerprint density at radius 3 is 3.00 bits per heavy atom. The van der Waals surface area contributed by atoms with Gasteiger partial charge in [0.15, 0.2) is 0 Å². The fraction of sp³-hybridized carbons (Fsp3) is 0.143. The number of rotatable bonds is 3. The van der Waals surface area contributed by atoms with Crippen LogP contribution in [0.2, 0.25) is 0 Å². The Labute approximate surface area is 138 Å². The quantitative estimate of drug-likeness (QED) is 0.519. The van der Waals surface area contributed by atoms with Gasteiger partial charge in [-0.25, -0.2) is 14.8 Å². The van der Waals surface area contributed by atoms with Gasteiger partial charge in [0.2, 0.25) is 5.65 Å². The maximum atomic E-state index is 11.9. The van der Waals surface area contributed by atoms with Gasteiger partial charge in [0.25, 0.3) is 5.88 Å². The smallest absolute Gasteiger partial charge is 0.348 e. The fourth-order valence-corrected chi connectivity index (χ4v) is 3.34. The number of fused-ring (bicyclic) bond motifs is 2. The van der Waals surface area contributed by atoms with Crippen LogP contribution in [-0.4, -0.2) is 43.2 Å². The summed E-state index contributed by atoms with van der Waals surface area (Å²) in [5, 5.41) is 8.52. The summed E-state index contributed by atoms with van der Waals surface area (Å²) in [5.41, 5.74) is 1.75. The molecule has 0 N–H and O–H groups in total. The second kappa shape index (κ2) is 5.49. The van der Waals surface area contributed by atoms with E-state index < -0.39 is 5.97 Å². The predicted molar refractivity (Wildman–Crippen MR) is 84.8 cm³/mol. The first-order chi connectivity index (χ1) is 11.7. The Hall–Kier alpha value is -3.14. The van der Waals surface area contributed by atoms with Crippen LogP contribution < -0.4 is 4.84 Å². The van der Waals surface area contributed by atoms with Crippen molar-refractivity contribution in [3.63, 3.8) is 0 Å². The summed E-state index contributed by atoms with van der Waals surface area (Å²) < 4.78 is 4.79. The normalized spacial score (nSPS) is 11.1. The first kappa shape index (κ1) is 14.5. The molecule has 4 aromatic heterocycles. The highest BCUT2D eigenvalue weighted by Crippen LogP contribution is 2.34. The number of pyridine rings is 1. The number of carbonyl (C=O) groups excluding carboxylic acids is 1. The molecule has 4 aromatic rings. The number of thiophene rings is 1. The zero-order chi connectivity index (χ0) is 16.7. The zero-order valence-corrected chi connectivity index (χ0v) is 13.4. The van der Waals surface area contributed by atoms with Gasteiger partial charge in [0, 0.05) is 6.20 Å². The van der Waals surface area contributed by atoms with E-state index in [2.05, 4.69) is 25.3 Å². The van der Waals surface area contributed by atoms with Crippen molar-refractivity contribution in [2.24, 2.45) is 0 Å². The maximum Gasteiger partial charge on any atom is 0.348 e. The summed E-state index contributed by atoms with van der Waals surface area (Å²) in [5.74, 6) is -0.157. The molecule has 120 valence electrons. The second-order valence-corrected chi connectivity index (χ2v) is 5.81. The van der Waals surface area contributed by atoms with E-state index >= 15 is 0 Å². The standard InChI is InChI=1S/C14H10N6O3S/c1-7-9-12(16-6-17-13(9)24-10(7)14(21)22-2)23-20-11-8(18-19-20)4-3-5-15-11/h3-6H,1-2H3. The van der Waals surface area contributed by atoms with Crippen LogP contribution in [0.25, 0.3) is 21.4 Å². The molecule has 4 heterocycles. The SMILES string of the molecule is COC(=O)c1sc2ncnc(On3nnc4cccnc43)c2c1C. The van der Waals surface area contributed by atoms with Crippen molar-refractivity contribution in [3.05, 3.63) is 35.1 Å². The van der Waals surface area contributed by atoms with Gasteiger partial charge in [-0.05, 0) is 29.8 Å². The van der Waals surface area contributed by atoms with Crippen LogP contribution in [0, 0.1) is 6.92 Å². The molecule has 0 aliphatic carbocycles. The third kappa shape index (κ3) is 2.15. The molecule has 0 amide bonds. The van der Waals surface area contributed by atoms with Gasteiger partial charge in [-0.2, -0.15) is 4.98 Å². The molecule has 0 bridgehead atoms. The summed E-state index contributed by atoms with van der Waals surface area (Å²) in [4.78, 5) is 32.4. The first-order valence-electron chi connectivity index (χ1n) is 6.86. The lowest BCUT2D eigenvalue weighted by molar-refractivity contribution is 0.0605. The van der Waals surface area contributed by atoms with Crippen molar-refractivity contribution >= 4 is 38.7 Å². The summed E-state index contributed by atoms with van der Waals surface area (Å²) in [7, 11) is 1.34. The van der Waals surface area contributed by atoms with Gasteiger partial charge in [-0.3, -0.25) is 0 Å². The molecule has 0 saturated heterocycles. The summed E-state index contributed by atoms with van der Waals surface area (Å²) in [6.07, 6.45) is 2.98. The number of nitrogens with zero attached hydrogens (tertiary/aromatic N) is 6. The number of ether oxygens (including phenoxy) is 1. The molecule has 4 rings (SSSR count).